The number of thioether (sulfide) groups is 1. The lowest BCUT2D eigenvalue weighted by molar-refractivity contribution is -0.153. The SMILES string of the molecule is Nc1nc(/C(=N/OCC(=O)OC(c2ccccc2)c2ccccc2)C(=O)Sc2nc3ccccc3s2)cs1. The molecule has 190 valence electrons. The average Bonchev–Trinajstić information content (AvgIpc) is 3.56. The van der Waals surface area contributed by atoms with Gasteiger partial charge >= 0.3 is 5.97 Å². The normalized spacial score (nSPS) is 11.6. The Labute approximate surface area is 230 Å². The van der Waals surface area contributed by atoms with Gasteiger partial charge in [-0.05, 0) is 35.0 Å². The molecule has 0 spiro atoms. The number of nitrogens with zero attached hydrogens (tertiary/aromatic N) is 3. The molecule has 2 aromatic heterocycles. The summed E-state index contributed by atoms with van der Waals surface area (Å²) in [6, 6.07) is 26.4. The Hall–Kier alpha value is -4.06. The van der Waals surface area contributed by atoms with Gasteiger partial charge in [-0.3, -0.25) is 4.79 Å². The summed E-state index contributed by atoms with van der Waals surface area (Å²) in [6.45, 7) is -0.502. The van der Waals surface area contributed by atoms with Gasteiger partial charge in [0, 0.05) is 5.38 Å². The van der Waals surface area contributed by atoms with Crippen LogP contribution in [-0.4, -0.2) is 33.4 Å². The second-order valence-electron chi connectivity index (χ2n) is 7.81. The van der Waals surface area contributed by atoms with Crippen molar-refractivity contribution in [3.63, 3.8) is 0 Å². The summed E-state index contributed by atoms with van der Waals surface area (Å²) in [5, 5.41) is 5.41. The van der Waals surface area contributed by atoms with Crippen molar-refractivity contribution in [1.29, 1.82) is 0 Å². The zero-order valence-electron chi connectivity index (χ0n) is 19.7. The highest BCUT2D eigenvalue weighted by molar-refractivity contribution is 8.16. The van der Waals surface area contributed by atoms with Gasteiger partial charge in [-0.2, -0.15) is 0 Å². The Morgan fingerprint density at radius 1 is 0.921 bits per heavy atom. The second-order valence-corrected chi connectivity index (χ2v) is 11.0. The van der Waals surface area contributed by atoms with Crippen molar-refractivity contribution in [3.8, 4) is 0 Å². The molecule has 38 heavy (non-hydrogen) atoms. The van der Waals surface area contributed by atoms with Crippen LogP contribution in [0.25, 0.3) is 10.2 Å². The number of fused-ring (bicyclic) bond motifs is 1. The number of rotatable bonds is 9. The summed E-state index contributed by atoms with van der Waals surface area (Å²) in [5.74, 6) is -0.644. The third-order valence-corrected chi connectivity index (χ3v) is 7.85. The summed E-state index contributed by atoms with van der Waals surface area (Å²) in [7, 11) is 0. The van der Waals surface area contributed by atoms with Gasteiger partial charge in [-0.25, -0.2) is 14.8 Å². The summed E-state index contributed by atoms with van der Waals surface area (Å²) < 4.78 is 7.26. The van der Waals surface area contributed by atoms with E-state index in [2.05, 4.69) is 15.1 Å². The molecule has 0 amide bonds. The number of thiazole rings is 2. The van der Waals surface area contributed by atoms with Crippen molar-refractivity contribution in [3.05, 3.63) is 107 Å². The van der Waals surface area contributed by atoms with E-state index < -0.39 is 23.8 Å². The lowest BCUT2D eigenvalue weighted by Crippen LogP contribution is -2.18. The smallest absolute Gasteiger partial charge is 0.347 e. The standard InChI is InChI=1S/C27H20N4O4S3/c28-26-29-20(16-36-26)23(25(33)38-27-30-19-13-7-8-14-21(19)37-27)31-34-15-22(32)35-24(17-9-3-1-4-10-17)18-11-5-2-6-12-18/h1-14,16,24H,15H2,(H2,28,29)/b31-23-. The number of nitrogen functional groups attached to an aromatic ring is 1. The first-order valence-electron chi connectivity index (χ1n) is 11.4. The number of anilines is 1. The largest absolute Gasteiger partial charge is 0.450 e. The lowest BCUT2D eigenvalue weighted by Gasteiger charge is -2.18. The average molecular weight is 561 g/mol. The van der Waals surface area contributed by atoms with Gasteiger partial charge in [0.25, 0.3) is 0 Å². The fraction of sp³-hybridized carbons (Fsp3) is 0.0741. The topological polar surface area (TPSA) is 117 Å². The van der Waals surface area contributed by atoms with Crippen LogP contribution in [0.4, 0.5) is 5.13 Å². The number of ether oxygens (including phenoxy) is 1. The highest BCUT2D eigenvalue weighted by Gasteiger charge is 2.23. The minimum atomic E-state index is -0.644. The number of para-hydroxylation sites is 1. The van der Waals surface area contributed by atoms with Crippen molar-refractivity contribution in [2.24, 2.45) is 5.16 Å². The predicted octanol–water partition coefficient (Wildman–Crippen LogP) is 5.71. The lowest BCUT2D eigenvalue weighted by atomic mass is 10.0. The van der Waals surface area contributed by atoms with E-state index in [4.69, 9.17) is 15.3 Å². The van der Waals surface area contributed by atoms with E-state index >= 15 is 0 Å². The zero-order valence-corrected chi connectivity index (χ0v) is 22.2. The molecule has 2 heterocycles. The number of benzene rings is 3. The zero-order chi connectivity index (χ0) is 26.3. The van der Waals surface area contributed by atoms with Gasteiger partial charge in [0.05, 0.1) is 10.2 Å². The molecule has 0 aliphatic carbocycles. The molecule has 11 heteroatoms. The van der Waals surface area contributed by atoms with E-state index in [1.165, 1.54) is 22.7 Å². The number of hydrogen-bond acceptors (Lipinski definition) is 11. The Kier molecular flexibility index (Phi) is 8.07. The van der Waals surface area contributed by atoms with Gasteiger partial charge in [0.15, 0.2) is 21.3 Å². The van der Waals surface area contributed by atoms with Crippen LogP contribution in [-0.2, 0) is 19.2 Å². The van der Waals surface area contributed by atoms with Crippen molar-refractivity contribution in [2.75, 3.05) is 12.3 Å². The van der Waals surface area contributed by atoms with E-state index in [-0.39, 0.29) is 16.5 Å². The Bertz CT molecular complexity index is 1510. The fourth-order valence-corrected chi connectivity index (χ4v) is 5.96. The predicted molar refractivity (Wildman–Crippen MR) is 150 cm³/mol. The van der Waals surface area contributed by atoms with Crippen LogP contribution in [0, 0.1) is 0 Å². The molecule has 0 aliphatic heterocycles. The Balaban J connectivity index is 1.30. The molecule has 2 N–H and O–H groups in total. The minimum absolute atomic E-state index is 0.0716. The number of hydrogen-bond donors (Lipinski definition) is 1. The van der Waals surface area contributed by atoms with Crippen molar-refractivity contribution >= 4 is 66.6 Å². The van der Waals surface area contributed by atoms with Gasteiger partial charge in [-0.15, -0.1) is 22.7 Å². The number of nitrogens with two attached hydrogens (primary N) is 1. The summed E-state index contributed by atoms with van der Waals surface area (Å²) in [5.41, 5.74) is 8.39. The molecule has 0 bridgehead atoms. The third-order valence-electron chi connectivity index (χ3n) is 5.20. The highest BCUT2D eigenvalue weighted by atomic mass is 32.2. The molecule has 0 atom stereocenters. The van der Waals surface area contributed by atoms with E-state index in [1.54, 1.807) is 5.38 Å². The first-order chi connectivity index (χ1) is 18.6. The quantitative estimate of drug-likeness (QED) is 0.105. The summed E-state index contributed by atoms with van der Waals surface area (Å²) in [6.07, 6.45) is -0.619. The van der Waals surface area contributed by atoms with Crippen LogP contribution in [0.3, 0.4) is 0 Å². The molecular weight excluding hydrogens is 541 g/mol. The van der Waals surface area contributed by atoms with Crippen LogP contribution in [0.1, 0.15) is 22.9 Å². The first-order valence-corrected chi connectivity index (χ1v) is 13.9. The third kappa shape index (κ3) is 6.25. The van der Waals surface area contributed by atoms with Crippen LogP contribution in [0.2, 0.25) is 0 Å². The second kappa shape index (κ2) is 12.0. The van der Waals surface area contributed by atoms with E-state index in [0.29, 0.717) is 4.34 Å². The van der Waals surface area contributed by atoms with E-state index in [9.17, 15) is 9.59 Å². The number of oxime groups is 1. The molecule has 0 aliphatic rings. The molecule has 0 saturated carbocycles. The van der Waals surface area contributed by atoms with Crippen LogP contribution in [0.15, 0.2) is 99.8 Å². The molecule has 5 rings (SSSR count). The number of aromatic nitrogens is 2. The van der Waals surface area contributed by atoms with Gasteiger partial charge in [-0.1, -0.05) is 78.0 Å². The fourth-order valence-electron chi connectivity index (χ4n) is 3.51. The van der Waals surface area contributed by atoms with Gasteiger partial charge in [0.1, 0.15) is 5.69 Å². The maximum Gasteiger partial charge on any atom is 0.347 e. The minimum Gasteiger partial charge on any atom is -0.450 e. The molecule has 0 saturated heterocycles. The van der Waals surface area contributed by atoms with Crippen molar-refractivity contribution in [1.82, 2.24) is 9.97 Å². The van der Waals surface area contributed by atoms with E-state index in [0.717, 1.165) is 33.1 Å². The molecule has 0 fully saturated rings. The monoisotopic (exact) mass is 560 g/mol. The maximum absolute atomic E-state index is 13.1. The number of carbonyl (C=O) groups is 2. The van der Waals surface area contributed by atoms with E-state index in [1.807, 2.05) is 84.9 Å². The highest BCUT2D eigenvalue weighted by Crippen LogP contribution is 2.31. The van der Waals surface area contributed by atoms with Gasteiger partial charge < -0.3 is 15.3 Å². The molecule has 8 nitrogen and oxygen atoms in total. The van der Waals surface area contributed by atoms with Crippen LogP contribution >= 0.6 is 34.4 Å². The summed E-state index contributed by atoms with van der Waals surface area (Å²) in [4.78, 5) is 39.8. The molecule has 0 unspecified atom stereocenters. The van der Waals surface area contributed by atoms with Crippen LogP contribution in [0.5, 0.6) is 0 Å². The molecule has 0 radical (unpaired) electrons. The Morgan fingerprint density at radius 3 is 2.21 bits per heavy atom. The molecular formula is C27H20N4O4S3. The van der Waals surface area contributed by atoms with Gasteiger partial charge in [0.2, 0.25) is 11.7 Å². The number of esters is 1. The van der Waals surface area contributed by atoms with Crippen LogP contribution < -0.4 is 5.73 Å². The van der Waals surface area contributed by atoms with Crippen molar-refractivity contribution < 1.29 is 19.2 Å². The molecule has 3 aromatic carbocycles. The van der Waals surface area contributed by atoms with Crippen molar-refractivity contribution in [2.45, 2.75) is 10.4 Å². The maximum atomic E-state index is 13.1. The molecule has 5 aromatic rings. The Morgan fingerprint density at radius 2 is 1.58 bits per heavy atom. The first kappa shape index (κ1) is 25.6. The number of carbonyl (C=O) groups excluding carboxylic acids is 2. The summed E-state index contributed by atoms with van der Waals surface area (Å²) >= 11 is 3.47.